The molecule has 0 N–H and O–H groups in total. The van der Waals surface area contributed by atoms with Crippen LogP contribution >= 0.6 is 11.6 Å². The zero-order chi connectivity index (χ0) is 12.0. The molecule has 1 rings (SSSR count). The number of hydrogen-bond acceptors (Lipinski definition) is 3. The van der Waals surface area contributed by atoms with Gasteiger partial charge in [0.2, 0.25) is 0 Å². The first-order valence-corrected chi connectivity index (χ1v) is 8.45. The van der Waals surface area contributed by atoms with Crippen LogP contribution in [0.15, 0.2) is 0 Å². The Morgan fingerprint density at radius 2 is 1.94 bits per heavy atom. The molecule has 0 spiro atoms. The van der Waals surface area contributed by atoms with Crippen molar-refractivity contribution in [1.82, 2.24) is 4.90 Å². The normalized spacial score (nSPS) is 17.7. The average Bonchev–Trinajstić information content (AvgIpc) is 2.12. The molecular weight excluding hydrogens is 246 g/mol. The molecule has 0 aromatic carbocycles. The topological polar surface area (TPSA) is 37.4 Å². The van der Waals surface area contributed by atoms with E-state index in [1.54, 1.807) is 0 Å². The van der Waals surface area contributed by atoms with E-state index < -0.39 is 9.84 Å². The molecule has 0 radical (unpaired) electrons. The Bertz CT molecular complexity index is 288. The quantitative estimate of drug-likeness (QED) is 0.631. The van der Waals surface area contributed by atoms with Crippen LogP contribution in [0.1, 0.15) is 32.6 Å². The molecule has 1 aliphatic carbocycles. The van der Waals surface area contributed by atoms with Crippen LogP contribution < -0.4 is 0 Å². The van der Waals surface area contributed by atoms with Crippen molar-refractivity contribution in [3.63, 3.8) is 0 Å². The minimum absolute atomic E-state index is 0.286. The van der Waals surface area contributed by atoms with Gasteiger partial charge in [-0.05, 0) is 19.3 Å². The lowest BCUT2D eigenvalue weighted by Gasteiger charge is -2.37. The van der Waals surface area contributed by atoms with E-state index >= 15 is 0 Å². The van der Waals surface area contributed by atoms with Gasteiger partial charge in [0.25, 0.3) is 0 Å². The van der Waals surface area contributed by atoms with E-state index in [2.05, 4.69) is 4.90 Å². The molecule has 0 aromatic heterocycles. The lowest BCUT2D eigenvalue weighted by atomic mass is 9.91. The highest BCUT2D eigenvalue weighted by molar-refractivity contribution is 7.91. The number of alkyl halides is 1. The molecule has 16 heavy (non-hydrogen) atoms. The van der Waals surface area contributed by atoms with Gasteiger partial charge in [0, 0.05) is 30.8 Å². The summed E-state index contributed by atoms with van der Waals surface area (Å²) in [6, 6.07) is 0.579. The Kier molecular flexibility index (Phi) is 6.08. The largest absolute Gasteiger partial charge is 0.298 e. The lowest BCUT2D eigenvalue weighted by Crippen LogP contribution is -2.43. The van der Waals surface area contributed by atoms with Crippen molar-refractivity contribution in [2.24, 2.45) is 0 Å². The summed E-state index contributed by atoms with van der Waals surface area (Å²) in [5.41, 5.74) is 0. The van der Waals surface area contributed by atoms with Crippen LogP contribution in [-0.2, 0) is 9.84 Å². The van der Waals surface area contributed by atoms with Gasteiger partial charge in [0.15, 0.2) is 9.84 Å². The van der Waals surface area contributed by atoms with Gasteiger partial charge in [-0.15, -0.1) is 11.6 Å². The maximum absolute atomic E-state index is 11.6. The van der Waals surface area contributed by atoms with E-state index in [9.17, 15) is 8.42 Å². The summed E-state index contributed by atoms with van der Waals surface area (Å²) in [6.45, 7) is 3.37. The molecule has 0 amide bonds. The van der Waals surface area contributed by atoms with Gasteiger partial charge in [-0.25, -0.2) is 8.42 Å². The van der Waals surface area contributed by atoms with Gasteiger partial charge in [-0.1, -0.05) is 13.3 Å². The Labute approximate surface area is 104 Å². The number of rotatable bonds is 8. The highest BCUT2D eigenvalue weighted by Gasteiger charge is 2.25. The van der Waals surface area contributed by atoms with E-state index in [4.69, 9.17) is 11.6 Å². The van der Waals surface area contributed by atoms with Gasteiger partial charge < -0.3 is 0 Å². The van der Waals surface area contributed by atoms with E-state index in [1.807, 2.05) is 6.92 Å². The van der Waals surface area contributed by atoms with Crippen molar-refractivity contribution in [2.45, 2.75) is 38.6 Å². The van der Waals surface area contributed by atoms with Crippen LogP contribution in [-0.4, -0.2) is 49.8 Å². The zero-order valence-electron chi connectivity index (χ0n) is 9.99. The maximum Gasteiger partial charge on any atom is 0.151 e. The molecule has 0 aliphatic heterocycles. The predicted molar refractivity (Wildman–Crippen MR) is 68.9 cm³/mol. The third kappa shape index (κ3) is 4.60. The minimum Gasteiger partial charge on any atom is -0.298 e. The van der Waals surface area contributed by atoms with Crippen LogP contribution in [0.3, 0.4) is 0 Å². The van der Waals surface area contributed by atoms with E-state index in [0.29, 0.717) is 30.6 Å². The highest BCUT2D eigenvalue weighted by atomic mass is 35.5. The van der Waals surface area contributed by atoms with E-state index in [1.165, 1.54) is 19.3 Å². The number of nitrogens with zero attached hydrogens (tertiary/aromatic N) is 1. The fraction of sp³-hybridized carbons (Fsp3) is 1.00. The van der Waals surface area contributed by atoms with E-state index in [-0.39, 0.29) is 5.75 Å². The van der Waals surface area contributed by atoms with Gasteiger partial charge in [0.1, 0.15) is 0 Å². The minimum atomic E-state index is -2.85. The molecule has 96 valence electrons. The summed E-state index contributed by atoms with van der Waals surface area (Å²) < 4.78 is 23.2. The summed E-state index contributed by atoms with van der Waals surface area (Å²) in [5, 5.41) is 0. The van der Waals surface area contributed by atoms with Crippen molar-refractivity contribution in [3.05, 3.63) is 0 Å². The molecule has 0 unspecified atom stereocenters. The van der Waals surface area contributed by atoms with Crippen LogP contribution in [0.4, 0.5) is 0 Å². The van der Waals surface area contributed by atoms with Crippen molar-refractivity contribution in [1.29, 1.82) is 0 Å². The van der Waals surface area contributed by atoms with Crippen molar-refractivity contribution < 1.29 is 8.42 Å². The number of sulfone groups is 1. The van der Waals surface area contributed by atoms with Crippen LogP contribution in [0, 0.1) is 0 Å². The van der Waals surface area contributed by atoms with Gasteiger partial charge in [-0.2, -0.15) is 0 Å². The third-order valence-electron chi connectivity index (χ3n) is 3.17. The molecule has 0 aromatic rings. The summed E-state index contributed by atoms with van der Waals surface area (Å²) >= 11 is 5.74. The monoisotopic (exact) mass is 267 g/mol. The molecule has 0 bridgehead atoms. The number of halogens is 1. The summed E-state index contributed by atoms with van der Waals surface area (Å²) in [5.74, 6) is 1.19. The van der Waals surface area contributed by atoms with E-state index in [0.717, 1.165) is 6.54 Å². The molecule has 0 atom stereocenters. The molecule has 0 heterocycles. The summed E-state index contributed by atoms with van der Waals surface area (Å²) in [4.78, 5) is 2.24. The fourth-order valence-electron chi connectivity index (χ4n) is 2.01. The second kappa shape index (κ2) is 6.82. The second-order valence-corrected chi connectivity index (χ2v) is 7.14. The summed E-state index contributed by atoms with van der Waals surface area (Å²) in [7, 11) is -2.85. The first kappa shape index (κ1) is 14.3. The molecule has 1 aliphatic rings. The standard InChI is InChI=1S/C11H22ClNO2S/c1-2-9-16(14,15)10-8-13(7-6-12)11-4-3-5-11/h11H,2-10H2,1H3. The highest BCUT2D eigenvalue weighted by Crippen LogP contribution is 2.24. The van der Waals surface area contributed by atoms with Gasteiger partial charge in [-0.3, -0.25) is 4.90 Å². The SMILES string of the molecule is CCCS(=O)(=O)CCN(CCCl)C1CCC1. The van der Waals surface area contributed by atoms with Crippen LogP contribution in [0.5, 0.6) is 0 Å². The van der Waals surface area contributed by atoms with Crippen LogP contribution in [0.2, 0.25) is 0 Å². The molecule has 5 heteroatoms. The number of hydrogen-bond donors (Lipinski definition) is 0. The lowest BCUT2D eigenvalue weighted by molar-refractivity contribution is 0.143. The zero-order valence-corrected chi connectivity index (χ0v) is 11.6. The predicted octanol–water partition coefficient (Wildman–Crippen LogP) is 1.90. The second-order valence-electron chi connectivity index (χ2n) is 4.46. The molecular formula is C11H22ClNO2S. The first-order valence-electron chi connectivity index (χ1n) is 6.09. The maximum atomic E-state index is 11.6. The Morgan fingerprint density at radius 1 is 1.25 bits per heavy atom. The van der Waals surface area contributed by atoms with Crippen LogP contribution in [0.25, 0.3) is 0 Å². The van der Waals surface area contributed by atoms with Gasteiger partial charge in [0.05, 0.1) is 5.75 Å². The Hall–Kier alpha value is 0.200. The third-order valence-corrected chi connectivity index (χ3v) is 5.17. The average molecular weight is 268 g/mol. The van der Waals surface area contributed by atoms with Crippen molar-refractivity contribution >= 4 is 21.4 Å². The van der Waals surface area contributed by atoms with Gasteiger partial charge >= 0.3 is 0 Å². The molecule has 3 nitrogen and oxygen atoms in total. The fourth-order valence-corrected chi connectivity index (χ4v) is 3.56. The smallest absolute Gasteiger partial charge is 0.151 e. The molecule has 1 saturated carbocycles. The summed E-state index contributed by atoms with van der Waals surface area (Å²) in [6.07, 6.45) is 4.38. The Balaban J connectivity index is 2.36. The molecule has 1 fully saturated rings. The van der Waals surface area contributed by atoms with Crippen molar-refractivity contribution in [2.75, 3.05) is 30.5 Å². The Morgan fingerprint density at radius 3 is 2.38 bits per heavy atom. The molecule has 0 saturated heterocycles. The van der Waals surface area contributed by atoms with Crippen molar-refractivity contribution in [3.8, 4) is 0 Å². The first-order chi connectivity index (χ1) is 7.59.